The third-order valence-electron chi connectivity index (χ3n) is 3.80. The van der Waals surface area contributed by atoms with Crippen molar-refractivity contribution in [3.63, 3.8) is 0 Å². The Morgan fingerprint density at radius 3 is 2.46 bits per heavy atom. The maximum atomic E-state index is 14.5. The van der Waals surface area contributed by atoms with Crippen LogP contribution in [0.3, 0.4) is 0 Å². The average molecular weight is 392 g/mol. The first-order valence-corrected chi connectivity index (χ1v) is 8.75. The number of alkyl halides is 2. The van der Waals surface area contributed by atoms with Crippen LogP contribution in [-0.2, 0) is 10.9 Å². The van der Waals surface area contributed by atoms with E-state index in [1.165, 1.54) is 55.7 Å². The summed E-state index contributed by atoms with van der Waals surface area (Å²) in [5, 5.41) is 8.60. The van der Waals surface area contributed by atoms with Gasteiger partial charge in [0.2, 0.25) is 0 Å². The number of carbonyl (C=O) groups is 1. The fourth-order valence-electron chi connectivity index (χ4n) is 2.32. The Balaban J connectivity index is 2.13. The zero-order chi connectivity index (χ0) is 20.6. The van der Waals surface area contributed by atoms with Crippen molar-refractivity contribution in [1.29, 1.82) is 0 Å². The van der Waals surface area contributed by atoms with Crippen molar-refractivity contribution in [2.75, 3.05) is 13.7 Å². The Hall–Kier alpha value is -3.09. The van der Waals surface area contributed by atoms with E-state index in [9.17, 15) is 13.6 Å². The topological polar surface area (TPSA) is 65.0 Å². The Bertz CT molecular complexity index is 816. The highest BCUT2D eigenvalue weighted by atomic mass is 19.3. The van der Waals surface area contributed by atoms with Gasteiger partial charge in [-0.25, -0.2) is 4.79 Å². The van der Waals surface area contributed by atoms with Crippen LogP contribution in [0.15, 0.2) is 48.5 Å². The molecule has 0 saturated carbocycles. The van der Waals surface area contributed by atoms with Gasteiger partial charge in [-0.15, -0.1) is 0 Å². The summed E-state index contributed by atoms with van der Waals surface area (Å²) >= 11 is 0. The Morgan fingerprint density at radius 2 is 1.86 bits per heavy atom. The van der Waals surface area contributed by atoms with Gasteiger partial charge in [0.15, 0.2) is 11.5 Å². The van der Waals surface area contributed by atoms with Crippen molar-refractivity contribution < 1.29 is 32.9 Å². The molecule has 150 valence electrons. The first kappa shape index (κ1) is 21.2. The number of rotatable bonds is 10. The lowest BCUT2D eigenvalue weighted by atomic mass is 10.1. The highest BCUT2D eigenvalue weighted by molar-refractivity contribution is 5.85. The van der Waals surface area contributed by atoms with Crippen LogP contribution in [-0.4, -0.2) is 24.8 Å². The molecule has 0 aliphatic carbocycles. The van der Waals surface area contributed by atoms with Crippen LogP contribution in [0.5, 0.6) is 17.2 Å². The van der Waals surface area contributed by atoms with E-state index in [4.69, 9.17) is 19.3 Å². The maximum absolute atomic E-state index is 14.5. The van der Waals surface area contributed by atoms with E-state index in [1.54, 1.807) is 0 Å². The molecule has 0 spiro atoms. The van der Waals surface area contributed by atoms with Crippen molar-refractivity contribution >= 4 is 12.0 Å². The van der Waals surface area contributed by atoms with Gasteiger partial charge in [0.25, 0.3) is 0 Å². The molecule has 28 heavy (non-hydrogen) atoms. The standard InChI is InChI=1S/C21H22F2O5/c1-3-4-13-27-18-11-8-16(14-19(18)26-2)21(22,23)28-17-9-5-15(6-10-17)7-12-20(24)25/h5-12,14H,3-4,13H2,1-2H3,(H,24,25)/b12-7+. The lowest BCUT2D eigenvalue weighted by Gasteiger charge is -2.20. The Kier molecular flexibility index (Phi) is 7.37. The molecular formula is C21H22F2O5. The van der Waals surface area contributed by atoms with Crippen molar-refractivity contribution in [3.05, 3.63) is 59.7 Å². The molecule has 5 nitrogen and oxygen atoms in total. The number of methoxy groups -OCH3 is 1. The van der Waals surface area contributed by atoms with Crippen LogP contribution in [0.4, 0.5) is 8.78 Å². The van der Waals surface area contributed by atoms with Crippen LogP contribution < -0.4 is 14.2 Å². The molecule has 0 aromatic heterocycles. The molecule has 0 unspecified atom stereocenters. The van der Waals surface area contributed by atoms with E-state index in [2.05, 4.69) is 0 Å². The second kappa shape index (κ2) is 9.73. The molecule has 1 N–H and O–H groups in total. The van der Waals surface area contributed by atoms with Crippen LogP contribution in [0.25, 0.3) is 6.08 Å². The number of halogens is 2. The molecule has 2 aromatic rings. The van der Waals surface area contributed by atoms with Crippen molar-refractivity contribution in [1.82, 2.24) is 0 Å². The Morgan fingerprint density at radius 1 is 1.14 bits per heavy atom. The zero-order valence-electron chi connectivity index (χ0n) is 15.7. The molecule has 0 atom stereocenters. The molecule has 0 amide bonds. The second-order valence-corrected chi connectivity index (χ2v) is 5.93. The third kappa shape index (κ3) is 5.97. The van der Waals surface area contributed by atoms with Gasteiger partial charge in [-0.1, -0.05) is 25.5 Å². The van der Waals surface area contributed by atoms with Crippen LogP contribution in [0.2, 0.25) is 0 Å². The lowest BCUT2D eigenvalue weighted by molar-refractivity contribution is -0.185. The van der Waals surface area contributed by atoms with E-state index < -0.39 is 12.1 Å². The summed E-state index contributed by atoms with van der Waals surface area (Å²) in [6, 6.07) is 9.50. The van der Waals surface area contributed by atoms with E-state index in [0.717, 1.165) is 18.9 Å². The van der Waals surface area contributed by atoms with Gasteiger partial charge in [0.1, 0.15) is 5.75 Å². The fraction of sp³-hybridized carbons (Fsp3) is 0.286. The normalized spacial score (nSPS) is 11.4. The molecule has 0 saturated heterocycles. The number of hydrogen-bond acceptors (Lipinski definition) is 4. The van der Waals surface area contributed by atoms with Gasteiger partial charge in [0, 0.05) is 6.08 Å². The van der Waals surface area contributed by atoms with Gasteiger partial charge >= 0.3 is 12.1 Å². The number of hydrogen-bond donors (Lipinski definition) is 1. The molecule has 0 bridgehead atoms. The molecule has 0 aliphatic heterocycles. The number of unbranched alkanes of at least 4 members (excludes halogenated alkanes) is 1. The number of aliphatic carboxylic acids is 1. The maximum Gasteiger partial charge on any atom is 0.426 e. The molecule has 0 fully saturated rings. The van der Waals surface area contributed by atoms with Crippen molar-refractivity contribution in [2.45, 2.75) is 25.9 Å². The highest BCUT2D eigenvalue weighted by Gasteiger charge is 2.35. The number of carboxylic acids is 1. The predicted octanol–water partition coefficient (Wildman–Crippen LogP) is 5.10. The van der Waals surface area contributed by atoms with Crippen LogP contribution in [0, 0.1) is 0 Å². The van der Waals surface area contributed by atoms with Gasteiger partial charge in [-0.05, 0) is 48.4 Å². The van der Waals surface area contributed by atoms with E-state index in [1.807, 2.05) is 6.92 Å². The number of benzene rings is 2. The third-order valence-corrected chi connectivity index (χ3v) is 3.80. The van der Waals surface area contributed by atoms with Gasteiger partial charge < -0.3 is 19.3 Å². The minimum Gasteiger partial charge on any atom is -0.493 e. The molecule has 2 rings (SSSR count). The van der Waals surface area contributed by atoms with Crippen LogP contribution in [0.1, 0.15) is 30.9 Å². The number of carboxylic acid groups (broad SMARTS) is 1. The summed E-state index contributed by atoms with van der Waals surface area (Å²) < 4.78 is 44.6. The zero-order valence-corrected chi connectivity index (χ0v) is 15.7. The number of ether oxygens (including phenoxy) is 3. The largest absolute Gasteiger partial charge is 0.493 e. The average Bonchev–Trinajstić information content (AvgIpc) is 2.67. The molecule has 0 aliphatic rings. The summed E-state index contributed by atoms with van der Waals surface area (Å²) in [7, 11) is 1.38. The fourth-order valence-corrected chi connectivity index (χ4v) is 2.32. The predicted molar refractivity (Wildman–Crippen MR) is 101 cm³/mol. The first-order chi connectivity index (χ1) is 13.4. The minimum atomic E-state index is -3.59. The SMILES string of the molecule is CCCCOc1ccc(C(F)(F)Oc2ccc(/C=C/C(=O)O)cc2)cc1OC. The molecule has 7 heteroatoms. The molecule has 2 aromatic carbocycles. The van der Waals surface area contributed by atoms with E-state index in [0.29, 0.717) is 17.9 Å². The quantitative estimate of drug-likeness (QED) is 0.450. The summed E-state index contributed by atoms with van der Waals surface area (Å²) in [5.74, 6) is -0.557. The first-order valence-electron chi connectivity index (χ1n) is 8.75. The van der Waals surface area contributed by atoms with Crippen molar-refractivity contribution in [3.8, 4) is 17.2 Å². The smallest absolute Gasteiger partial charge is 0.426 e. The van der Waals surface area contributed by atoms with E-state index in [-0.39, 0.29) is 17.1 Å². The molecule has 0 radical (unpaired) electrons. The van der Waals surface area contributed by atoms with Gasteiger partial charge in [-0.2, -0.15) is 8.78 Å². The van der Waals surface area contributed by atoms with Gasteiger partial charge in [0.05, 0.1) is 19.3 Å². The summed E-state index contributed by atoms with van der Waals surface area (Å²) in [6.45, 7) is 2.50. The van der Waals surface area contributed by atoms with Crippen LogP contribution >= 0.6 is 0 Å². The second-order valence-electron chi connectivity index (χ2n) is 5.93. The molecular weight excluding hydrogens is 370 g/mol. The van der Waals surface area contributed by atoms with Gasteiger partial charge in [-0.3, -0.25) is 0 Å². The lowest BCUT2D eigenvalue weighted by Crippen LogP contribution is -2.22. The molecule has 0 heterocycles. The highest BCUT2D eigenvalue weighted by Crippen LogP contribution is 2.37. The van der Waals surface area contributed by atoms with Crippen molar-refractivity contribution in [2.24, 2.45) is 0 Å². The summed E-state index contributed by atoms with van der Waals surface area (Å²) in [4.78, 5) is 10.5. The monoisotopic (exact) mass is 392 g/mol. The summed E-state index contributed by atoms with van der Waals surface area (Å²) in [5.41, 5.74) is 0.176. The van der Waals surface area contributed by atoms with E-state index >= 15 is 0 Å². The minimum absolute atomic E-state index is 0.0558. The Labute approximate surface area is 162 Å². The summed E-state index contributed by atoms with van der Waals surface area (Å²) in [6.07, 6.45) is 0.528.